The second kappa shape index (κ2) is 8.70. The maximum Gasteiger partial charge on any atom is 0.191 e. The van der Waals surface area contributed by atoms with Crippen molar-refractivity contribution < 1.29 is 0 Å². The molecule has 138 valence electrons. The van der Waals surface area contributed by atoms with Crippen LogP contribution in [0.25, 0.3) is 0 Å². The van der Waals surface area contributed by atoms with Gasteiger partial charge in [0.25, 0.3) is 0 Å². The Morgan fingerprint density at radius 1 is 1.20 bits per heavy atom. The summed E-state index contributed by atoms with van der Waals surface area (Å²) in [4.78, 5) is 7.02. The van der Waals surface area contributed by atoms with Crippen LogP contribution in [0, 0.1) is 11.8 Å². The minimum absolute atomic E-state index is 0.554. The van der Waals surface area contributed by atoms with Crippen molar-refractivity contribution in [2.75, 3.05) is 33.2 Å². The van der Waals surface area contributed by atoms with Gasteiger partial charge >= 0.3 is 0 Å². The SMILES string of the molecule is CN=C(NCC1CC1c1ccccc1)NC1CCN(CC(C)C)CC1. The molecule has 0 aromatic heterocycles. The summed E-state index contributed by atoms with van der Waals surface area (Å²) in [6, 6.07) is 11.4. The molecule has 1 aliphatic heterocycles. The molecule has 1 saturated heterocycles. The molecule has 0 bridgehead atoms. The molecule has 3 rings (SSSR count). The van der Waals surface area contributed by atoms with E-state index in [9.17, 15) is 0 Å². The normalized spacial score (nSPS) is 25.2. The Hall–Kier alpha value is -1.55. The molecule has 4 heteroatoms. The van der Waals surface area contributed by atoms with Crippen LogP contribution in [0.4, 0.5) is 0 Å². The lowest BCUT2D eigenvalue weighted by atomic mass is 10.0. The van der Waals surface area contributed by atoms with E-state index in [1.54, 1.807) is 0 Å². The third-order valence-corrected chi connectivity index (χ3v) is 5.46. The van der Waals surface area contributed by atoms with Crippen LogP contribution in [0.3, 0.4) is 0 Å². The number of piperidine rings is 1. The van der Waals surface area contributed by atoms with Crippen molar-refractivity contribution in [1.29, 1.82) is 0 Å². The number of hydrogen-bond donors (Lipinski definition) is 2. The van der Waals surface area contributed by atoms with Gasteiger partial charge in [-0.1, -0.05) is 44.2 Å². The van der Waals surface area contributed by atoms with Crippen LogP contribution in [-0.4, -0.2) is 50.1 Å². The predicted molar refractivity (Wildman–Crippen MR) is 106 cm³/mol. The molecule has 1 aromatic carbocycles. The molecule has 2 fully saturated rings. The second-order valence-corrected chi connectivity index (χ2v) is 8.08. The van der Waals surface area contributed by atoms with E-state index in [1.807, 2.05) is 7.05 Å². The van der Waals surface area contributed by atoms with E-state index in [-0.39, 0.29) is 0 Å². The molecule has 4 nitrogen and oxygen atoms in total. The third kappa shape index (κ3) is 5.46. The Morgan fingerprint density at radius 3 is 2.56 bits per heavy atom. The number of nitrogens with one attached hydrogen (secondary N) is 2. The Morgan fingerprint density at radius 2 is 1.92 bits per heavy atom. The first kappa shape index (κ1) is 18.2. The highest BCUT2D eigenvalue weighted by atomic mass is 15.2. The highest BCUT2D eigenvalue weighted by Crippen LogP contribution is 2.46. The van der Waals surface area contributed by atoms with Gasteiger partial charge in [0.05, 0.1) is 0 Å². The summed E-state index contributed by atoms with van der Waals surface area (Å²) < 4.78 is 0. The molecule has 1 aliphatic carbocycles. The standard InChI is InChI=1S/C21H34N4/c1-16(2)15-25-11-9-19(10-12-25)24-21(22-3)23-14-18-13-20(18)17-7-5-4-6-8-17/h4-8,16,18-20H,9-15H2,1-3H3,(H2,22,23,24). The second-order valence-electron chi connectivity index (χ2n) is 8.08. The quantitative estimate of drug-likeness (QED) is 0.616. The van der Waals surface area contributed by atoms with E-state index in [1.165, 1.54) is 44.5 Å². The number of likely N-dealkylation sites (tertiary alicyclic amines) is 1. The number of hydrogen-bond acceptors (Lipinski definition) is 2. The fourth-order valence-electron chi connectivity index (χ4n) is 3.97. The number of guanidine groups is 1. The van der Waals surface area contributed by atoms with Gasteiger partial charge < -0.3 is 15.5 Å². The molecule has 0 radical (unpaired) electrons. The van der Waals surface area contributed by atoms with E-state index >= 15 is 0 Å². The molecule has 2 N–H and O–H groups in total. The minimum Gasteiger partial charge on any atom is -0.356 e. The fraction of sp³-hybridized carbons (Fsp3) is 0.667. The van der Waals surface area contributed by atoms with Crippen molar-refractivity contribution in [1.82, 2.24) is 15.5 Å². The van der Waals surface area contributed by atoms with Gasteiger partial charge in [0, 0.05) is 39.3 Å². The largest absolute Gasteiger partial charge is 0.356 e. The van der Waals surface area contributed by atoms with Gasteiger partial charge in [-0.25, -0.2) is 0 Å². The molecule has 2 atom stereocenters. The van der Waals surface area contributed by atoms with Crippen LogP contribution in [0.1, 0.15) is 44.6 Å². The molecule has 2 aliphatic rings. The summed E-state index contributed by atoms with van der Waals surface area (Å²) in [6.45, 7) is 9.25. The van der Waals surface area contributed by atoms with Gasteiger partial charge in [-0.05, 0) is 42.6 Å². The van der Waals surface area contributed by atoms with Crippen molar-refractivity contribution in [3.05, 3.63) is 35.9 Å². The molecule has 0 spiro atoms. The van der Waals surface area contributed by atoms with Gasteiger partial charge in [-0.2, -0.15) is 0 Å². The van der Waals surface area contributed by atoms with Gasteiger partial charge in [0.2, 0.25) is 0 Å². The Balaban J connectivity index is 1.37. The Bertz CT molecular complexity index is 546. The summed E-state index contributed by atoms with van der Waals surface area (Å²) in [5.41, 5.74) is 1.48. The average Bonchev–Trinajstić information content (AvgIpc) is 3.40. The number of rotatable bonds is 6. The lowest BCUT2D eigenvalue weighted by Crippen LogP contribution is -2.49. The number of benzene rings is 1. The van der Waals surface area contributed by atoms with Gasteiger partial charge in [-0.3, -0.25) is 4.99 Å². The smallest absolute Gasteiger partial charge is 0.191 e. The monoisotopic (exact) mass is 342 g/mol. The van der Waals surface area contributed by atoms with Crippen LogP contribution in [-0.2, 0) is 0 Å². The van der Waals surface area contributed by atoms with E-state index in [0.717, 1.165) is 30.3 Å². The van der Waals surface area contributed by atoms with Gasteiger partial charge in [0.1, 0.15) is 0 Å². The summed E-state index contributed by atoms with van der Waals surface area (Å²) in [5.74, 6) is 3.20. The summed E-state index contributed by atoms with van der Waals surface area (Å²) in [7, 11) is 1.88. The van der Waals surface area contributed by atoms with E-state index < -0.39 is 0 Å². The van der Waals surface area contributed by atoms with Crippen LogP contribution in [0.2, 0.25) is 0 Å². The fourth-order valence-corrected chi connectivity index (χ4v) is 3.97. The zero-order chi connectivity index (χ0) is 17.6. The van der Waals surface area contributed by atoms with Crippen molar-refractivity contribution >= 4 is 5.96 Å². The molecule has 1 heterocycles. The van der Waals surface area contributed by atoms with Gasteiger partial charge in [-0.15, -0.1) is 0 Å². The molecular weight excluding hydrogens is 308 g/mol. The molecule has 0 amide bonds. The molecule has 1 saturated carbocycles. The first-order valence-corrected chi connectivity index (χ1v) is 9.90. The summed E-state index contributed by atoms with van der Waals surface area (Å²) in [6.07, 6.45) is 3.72. The van der Waals surface area contributed by atoms with Crippen molar-refractivity contribution in [2.24, 2.45) is 16.8 Å². The first-order chi connectivity index (χ1) is 12.2. The summed E-state index contributed by atoms with van der Waals surface area (Å²) >= 11 is 0. The van der Waals surface area contributed by atoms with Crippen LogP contribution in [0.5, 0.6) is 0 Å². The van der Waals surface area contributed by atoms with Crippen LogP contribution in [0.15, 0.2) is 35.3 Å². The van der Waals surface area contributed by atoms with Crippen molar-refractivity contribution in [3.8, 4) is 0 Å². The van der Waals surface area contributed by atoms with E-state index in [0.29, 0.717) is 6.04 Å². The number of nitrogens with zero attached hydrogens (tertiary/aromatic N) is 2. The van der Waals surface area contributed by atoms with Crippen LogP contribution < -0.4 is 10.6 Å². The first-order valence-electron chi connectivity index (χ1n) is 9.90. The lowest BCUT2D eigenvalue weighted by molar-refractivity contribution is 0.187. The maximum absolute atomic E-state index is 4.43. The maximum atomic E-state index is 4.43. The van der Waals surface area contributed by atoms with Gasteiger partial charge in [0.15, 0.2) is 5.96 Å². The minimum atomic E-state index is 0.554. The lowest BCUT2D eigenvalue weighted by Gasteiger charge is -2.34. The number of aliphatic imine (C=N–C) groups is 1. The van der Waals surface area contributed by atoms with Crippen molar-refractivity contribution in [3.63, 3.8) is 0 Å². The van der Waals surface area contributed by atoms with Crippen LogP contribution >= 0.6 is 0 Å². The topological polar surface area (TPSA) is 39.7 Å². The van der Waals surface area contributed by atoms with E-state index in [2.05, 4.69) is 64.7 Å². The Kier molecular flexibility index (Phi) is 6.35. The molecule has 1 aromatic rings. The van der Waals surface area contributed by atoms with Crippen molar-refractivity contribution in [2.45, 2.75) is 45.1 Å². The predicted octanol–water partition coefficient (Wildman–Crippen LogP) is 3.08. The molecule has 2 unspecified atom stereocenters. The molecular formula is C21H34N4. The average molecular weight is 343 g/mol. The molecule has 25 heavy (non-hydrogen) atoms. The summed E-state index contributed by atoms with van der Waals surface area (Å²) in [5, 5.41) is 7.18. The third-order valence-electron chi connectivity index (χ3n) is 5.46. The zero-order valence-electron chi connectivity index (χ0n) is 16.0. The highest BCUT2D eigenvalue weighted by molar-refractivity contribution is 5.80. The Labute approximate surface area is 153 Å². The zero-order valence-corrected chi connectivity index (χ0v) is 16.0. The highest BCUT2D eigenvalue weighted by Gasteiger charge is 2.37. The van der Waals surface area contributed by atoms with E-state index in [4.69, 9.17) is 0 Å².